The summed E-state index contributed by atoms with van der Waals surface area (Å²) in [5.41, 5.74) is 2.52. The summed E-state index contributed by atoms with van der Waals surface area (Å²) < 4.78 is 14.1. The zero-order chi connectivity index (χ0) is 21.1. The maximum Gasteiger partial charge on any atom is 0.311 e. The third kappa shape index (κ3) is 3.94. The van der Waals surface area contributed by atoms with Crippen molar-refractivity contribution in [2.75, 3.05) is 6.61 Å². The van der Waals surface area contributed by atoms with Gasteiger partial charge in [-0.05, 0) is 41.6 Å². The average Bonchev–Trinajstić information content (AvgIpc) is 3.30. The fraction of sp³-hybridized carbons (Fsp3) is 0.263. The Morgan fingerprint density at radius 3 is 2.70 bits per heavy atom. The van der Waals surface area contributed by atoms with Gasteiger partial charge in [0, 0.05) is 7.05 Å². The molecule has 0 unspecified atom stereocenters. The number of hydrogen-bond donors (Lipinski definition) is 0. The molecule has 1 aromatic carbocycles. The minimum absolute atomic E-state index is 0.0976. The zero-order valence-electron chi connectivity index (χ0n) is 16.3. The molecule has 0 aliphatic heterocycles. The summed E-state index contributed by atoms with van der Waals surface area (Å²) in [6.07, 6.45) is 0.0976. The van der Waals surface area contributed by atoms with Gasteiger partial charge in [0.1, 0.15) is 12.1 Å². The second-order valence-electron chi connectivity index (χ2n) is 6.33. The van der Waals surface area contributed by atoms with Crippen LogP contribution in [0.3, 0.4) is 0 Å². The first kappa shape index (κ1) is 19.8. The average molecular weight is 428 g/mol. The van der Waals surface area contributed by atoms with Crippen molar-refractivity contribution in [1.29, 1.82) is 0 Å². The minimum Gasteiger partial charge on any atom is -0.466 e. The molecule has 0 spiro atoms. The highest BCUT2D eigenvalue weighted by molar-refractivity contribution is 6.35. The number of esters is 1. The molecule has 0 bridgehead atoms. The van der Waals surface area contributed by atoms with Crippen LogP contribution in [0.25, 0.3) is 17.0 Å². The number of imidazole rings is 1. The zero-order valence-corrected chi connectivity index (χ0v) is 17.1. The predicted octanol–water partition coefficient (Wildman–Crippen LogP) is 2.28. The van der Waals surface area contributed by atoms with Crippen molar-refractivity contribution in [2.24, 2.45) is 7.05 Å². The second kappa shape index (κ2) is 8.46. The Hall–Kier alpha value is -3.53. The molecule has 0 radical (unpaired) electrons. The number of nitrogens with zero attached hydrogens (tertiary/aromatic N) is 7. The maximum absolute atomic E-state index is 11.7. The molecule has 0 aliphatic rings. The van der Waals surface area contributed by atoms with Gasteiger partial charge >= 0.3 is 12.0 Å². The van der Waals surface area contributed by atoms with E-state index in [4.69, 9.17) is 21.1 Å². The van der Waals surface area contributed by atoms with Gasteiger partial charge in [0.25, 0.3) is 5.95 Å². The number of benzene rings is 1. The number of fused-ring (bicyclic) bond motifs is 1. The third-order valence-electron chi connectivity index (χ3n) is 4.25. The smallest absolute Gasteiger partial charge is 0.311 e. The Morgan fingerprint density at radius 1 is 1.13 bits per heavy atom. The van der Waals surface area contributed by atoms with E-state index in [0.717, 1.165) is 0 Å². The van der Waals surface area contributed by atoms with E-state index < -0.39 is 0 Å². The molecule has 0 fully saturated rings. The molecule has 154 valence electrons. The molecule has 0 N–H and O–H groups in total. The summed E-state index contributed by atoms with van der Waals surface area (Å²) in [6, 6.07) is 11.1. The summed E-state index contributed by atoms with van der Waals surface area (Å²) >= 11 is 6.31. The molecule has 11 heteroatoms. The summed E-state index contributed by atoms with van der Waals surface area (Å²) in [5, 5.41) is 12.1. The van der Waals surface area contributed by atoms with Gasteiger partial charge in [-0.2, -0.15) is 4.98 Å². The number of aryl methyl sites for hydroxylation is 1. The van der Waals surface area contributed by atoms with Crippen LogP contribution >= 0.6 is 11.6 Å². The Morgan fingerprint density at radius 2 is 1.93 bits per heavy atom. The Labute approximate surface area is 176 Å². The van der Waals surface area contributed by atoms with E-state index >= 15 is 0 Å². The summed E-state index contributed by atoms with van der Waals surface area (Å²) in [6.45, 7) is 2.22. The molecule has 0 atom stereocenters. The lowest BCUT2D eigenvalue weighted by molar-refractivity contribution is -0.142. The maximum atomic E-state index is 11.7. The molecule has 0 aliphatic carbocycles. The second-order valence-corrected chi connectivity index (χ2v) is 6.74. The number of pyridine rings is 1. The Kier molecular flexibility index (Phi) is 5.57. The van der Waals surface area contributed by atoms with Crippen LogP contribution in [0, 0.1) is 0 Å². The lowest BCUT2D eigenvalue weighted by atomic mass is 10.2. The molecule has 10 nitrogen and oxygen atoms in total. The molecule has 0 saturated heterocycles. The number of aromatic nitrogens is 7. The number of rotatable bonds is 7. The lowest BCUT2D eigenvalue weighted by Crippen LogP contribution is -2.11. The van der Waals surface area contributed by atoms with Gasteiger partial charge in [-0.25, -0.2) is 9.25 Å². The van der Waals surface area contributed by atoms with Gasteiger partial charge in [-0.3, -0.25) is 9.78 Å². The van der Waals surface area contributed by atoms with E-state index in [2.05, 4.69) is 25.5 Å². The number of para-hydroxylation sites is 1. The van der Waals surface area contributed by atoms with Gasteiger partial charge in [0.05, 0.1) is 35.0 Å². The first-order valence-corrected chi connectivity index (χ1v) is 9.57. The van der Waals surface area contributed by atoms with E-state index in [1.165, 1.54) is 4.68 Å². The van der Waals surface area contributed by atoms with E-state index in [-0.39, 0.29) is 25.0 Å². The van der Waals surface area contributed by atoms with Crippen molar-refractivity contribution in [3.05, 3.63) is 52.8 Å². The standard InChI is InChI=1S/C19H18ClN7O3/c1-3-29-16(28)10-12-6-4-7-13(21-12)11-30-19-22-17-14(20)8-5-9-15(17)27(19)18-23-24-25-26(18)2/h4-9H,3,10-11H2,1-2H3. The van der Waals surface area contributed by atoms with Crippen LogP contribution in [0.1, 0.15) is 18.3 Å². The first-order valence-electron chi connectivity index (χ1n) is 9.19. The molecule has 3 aromatic heterocycles. The van der Waals surface area contributed by atoms with Gasteiger partial charge < -0.3 is 9.47 Å². The van der Waals surface area contributed by atoms with Crippen LogP contribution in [-0.4, -0.2) is 47.3 Å². The highest BCUT2D eigenvalue weighted by atomic mass is 35.5. The number of carbonyl (C=O) groups is 1. The van der Waals surface area contributed by atoms with E-state index in [1.54, 1.807) is 36.7 Å². The van der Waals surface area contributed by atoms with Crippen molar-refractivity contribution in [2.45, 2.75) is 20.0 Å². The molecule has 3 heterocycles. The number of halogens is 1. The molecular formula is C19H18ClN7O3. The quantitative estimate of drug-likeness (QED) is 0.413. The van der Waals surface area contributed by atoms with Crippen LogP contribution in [0.15, 0.2) is 36.4 Å². The van der Waals surface area contributed by atoms with Crippen molar-refractivity contribution in [1.82, 2.24) is 34.7 Å². The van der Waals surface area contributed by atoms with E-state index in [0.29, 0.717) is 40.0 Å². The Balaban J connectivity index is 1.63. The monoisotopic (exact) mass is 427 g/mol. The molecular weight excluding hydrogens is 410 g/mol. The molecule has 30 heavy (non-hydrogen) atoms. The highest BCUT2D eigenvalue weighted by Crippen LogP contribution is 2.29. The van der Waals surface area contributed by atoms with Crippen LogP contribution in [0.2, 0.25) is 5.02 Å². The number of hydrogen-bond acceptors (Lipinski definition) is 8. The summed E-state index contributed by atoms with van der Waals surface area (Å²) in [4.78, 5) is 20.7. The number of tetrazole rings is 1. The van der Waals surface area contributed by atoms with Crippen LogP contribution in [-0.2, 0) is 29.6 Å². The largest absolute Gasteiger partial charge is 0.466 e. The van der Waals surface area contributed by atoms with Gasteiger partial charge in [-0.1, -0.05) is 28.8 Å². The first-order chi connectivity index (χ1) is 14.6. The van der Waals surface area contributed by atoms with Crippen molar-refractivity contribution >= 4 is 28.6 Å². The van der Waals surface area contributed by atoms with Crippen LogP contribution in [0.5, 0.6) is 6.01 Å². The fourth-order valence-corrected chi connectivity index (χ4v) is 3.17. The van der Waals surface area contributed by atoms with Gasteiger partial charge in [-0.15, -0.1) is 0 Å². The van der Waals surface area contributed by atoms with Crippen molar-refractivity contribution in [3.8, 4) is 12.0 Å². The summed E-state index contributed by atoms with van der Waals surface area (Å²) in [5.74, 6) is 0.105. The topological polar surface area (TPSA) is 110 Å². The van der Waals surface area contributed by atoms with Crippen molar-refractivity contribution < 1.29 is 14.3 Å². The van der Waals surface area contributed by atoms with Crippen LogP contribution in [0.4, 0.5) is 0 Å². The summed E-state index contributed by atoms with van der Waals surface area (Å²) in [7, 11) is 1.72. The predicted molar refractivity (Wildman–Crippen MR) is 107 cm³/mol. The van der Waals surface area contributed by atoms with E-state index in [9.17, 15) is 4.79 Å². The molecule has 0 amide bonds. The minimum atomic E-state index is -0.325. The van der Waals surface area contributed by atoms with Crippen LogP contribution < -0.4 is 4.74 Å². The number of ether oxygens (including phenoxy) is 2. The molecule has 0 saturated carbocycles. The highest BCUT2D eigenvalue weighted by Gasteiger charge is 2.20. The lowest BCUT2D eigenvalue weighted by Gasteiger charge is -2.09. The normalized spacial score (nSPS) is 11.0. The van der Waals surface area contributed by atoms with Crippen molar-refractivity contribution in [3.63, 3.8) is 0 Å². The van der Waals surface area contributed by atoms with Gasteiger partial charge in [0.2, 0.25) is 0 Å². The Bertz CT molecular complexity index is 1200. The molecule has 4 rings (SSSR count). The fourth-order valence-electron chi connectivity index (χ4n) is 2.95. The number of carbonyl (C=O) groups excluding carboxylic acids is 1. The SMILES string of the molecule is CCOC(=O)Cc1cccc(COc2nc3c(Cl)cccc3n2-c2nnnn2C)n1. The van der Waals surface area contributed by atoms with E-state index in [1.807, 2.05) is 18.2 Å². The molecule has 4 aromatic rings. The van der Waals surface area contributed by atoms with Gasteiger partial charge in [0.15, 0.2) is 0 Å². The third-order valence-corrected chi connectivity index (χ3v) is 4.55.